The Morgan fingerprint density at radius 2 is 2.10 bits per heavy atom. The largest absolute Gasteiger partial charge is 0.482 e. The van der Waals surface area contributed by atoms with E-state index in [1.807, 2.05) is 37.3 Å². The van der Waals surface area contributed by atoms with Crippen LogP contribution in [-0.2, 0) is 16.0 Å². The summed E-state index contributed by atoms with van der Waals surface area (Å²) >= 11 is 0. The average molecular weight is 395 g/mol. The van der Waals surface area contributed by atoms with E-state index in [1.54, 1.807) is 12.4 Å². The second-order valence-corrected chi connectivity index (χ2v) is 7.06. The highest BCUT2D eigenvalue weighted by atomic mass is 16.6. The van der Waals surface area contributed by atoms with Crippen LogP contribution in [-0.4, -0.2) is 34.3 Å². The fourth-order valence-corrected chi connectivity index (χ4v) is 2.80. The fraction of sp³-hybridized carbons (Fsp3) is 0.364. The van der Waals surface area contributed by atoms with Gasteiger partial charge in [0, 0.05) is 24.4 Å². The molecule has 7 heteroatoms. The Bertz CT molecular complexity index is 938. The molecule has 0 N–H and O–H groups in total. The number of esters is 1. The van der Waals surface area contributed by atoms with E-state index >= 15 is 0 Å². The van der Waals surface area contributed by atoms with Crippen LogP contribution in [0.25, 0.3) is 11.4 Å². The molecule has 0 radical (unpaired) electrons. The molecule has 3 aromatic rings. The zero-order chi connectivity index (χ0) is 20.6. The van der Waals surface area contributed by atoms with Crippen LogP contribution < -0.4 is 4.74 Å². The van der Waals surface area contributed by atoms with Crippen LogP contribution in [0.2, 0.25) is 0 Å². The maximum absolute atomic E-state index is 12.0. The Labute approximate surface area is 170 Å². The molecular weight excluding hydrogens is 370 g/mol. The maximum Gasteiger partial charge on any atom is 0.344 e. The number of aromatic nitrogens is 3. The first-order chi connectivity index (χ1) is 14.0. The van der Waals surface area contributed by atoms with Gasteiger partial charge in [0.2, 0.25) is 11.7 Å². The van der Waals surface area contributed by atoms with E-state index in [2.05, 4.69) is 29.0 Å². The highest BCUT2D eigenvalue weighted by Gasteiger charge is 2.12. The van der Waals surface area contributed by atoms with Crippen LogP contribution in [0.15, 0.2) is 47.2 Å². The summed E-state index contributed by atoms with van der Waals surface area (Å²) < 4.78 is 16.2. The molecule has 7 nitrogen and oxygen atoms in total. The lowest BCUT2D eigenvalue weighted by Gasteiger charge is -2.14. The van der Waals surface area contributed by atoms with Crippen LogP contribution in [0.5, 0.6) is 5.75 Å². The number of ether oxygens (including phenoxy) is 2. The Balaban J connectivity index is 1.41. The molecule has 29 heavy (non-hydrogen) atoms. The van der Waals surface area contributed by atoms with Gasteiger partial charge in [-0.2, -0.15) is 4.98 Å². The zero-order valence-electron chi connectivity index (χ0n) is 16.9. The molecule has 0 fully saturated rings. The number of pyridine rings is 1. The smallest absolute Gasteiger partial charge is 0.344 e. The highest BCUT2D eigenvalue weighted by Crippen LogP contribution is 2.27. The van der Waals surface area contributed by atoms with E-state index in [1.165, 1.54) is 0 Å². The SMILES string of the molecule is Cc1ccc(C(C)C)c(OCC(=O)OCCCc2nc(-c3cccnc3)no2)c1. The lowest BCUT2D eigenvalue weighted by Crippen LogP contribution is -2.16. The van der Waals surface area contributed by atoms with E-state index < -0.39 is 5.97 Å². The molecule has 1 aromatic carbocycles. The standard InChI is InChI=1S/C22H25N3O4/c1-15(2)18-9-8-16(3)12-19(18)28-14-21(26)27-11-5-7-20-24-22(25-29-20)17-6-4-10-23-13-17/h4,6,8-10,12-13,15H,5,7,11,14H2,1-3H3. The molecule has 3 rings (SSSR count). The molecule has 0 amide bonds. The lowest BCUT2D eigenvalue weighted by molar-refractivity contribution is -0.146. The van der Waals surface area contributed by atoms with Crippen molar-refractivity contribution in [3.05, 3.63) is 59.7 Å². The van der Waals surface area contributed by atoms with Gasteiger partial charge in [-0.3, -0.25) is 4.98 Å². The number of rotatable bonds is 9. The van der Waals surface area contributed by atoms with E-state index in [-0.39, 0.29) is 13.2 Å². The number of aryl methyl sites for hydroxylation is 2. The van der Waals surface area contributed by atoms with Crippen molar-refractivity contribution in [2.24, 2.45) is 0 Å². The van der Waals surface area contributed by atoms with Gasteiger partial charge in [0.25, 0.3) is 0 Å². The summed E-state index contributed by atoms with van der Waals surface area (Å²) in [6.07, 6.45) is 4.47. The fourth-order valence-electron chi connectivity index (χ4n) is 2.80. The van der Waals surface area contributed by atoms with Crippen molar-refractivity contribution in [2.45, 2.75) is 39.5 Å². The van der Waals surface area contributed by atoms with Crippen molar-refractivity contribution in [1.29, 1.82) is 0 Å². The Morgan fingerprint density at radius 3 is 2.86 bits per heavy atom. The molecule has 0 spiro atoms. The number of benzene rings is 1. The van der Waals surface area contributed by atoms with Crippen molar-refractivity contribution in [2.75, 3.05) is 13.2 Å². The molecule has 0 aliphatic carbocycles. The summed E-state index contributed by atoms with van der Waals surface area (Å²) in [5.41, 5.74) is 2.95. The topological polar surface area (TPSA) is 87.3 Å². The van der Waals surface area contributed by atoms with E-state index in [0.717, 1.165) is 22.4 Å². The molecular formula is C22H25N3O4. The first-order valence-corrected chi connectivity index (χ1v) is 9.65. The predicted molar refractivity (Wildman–Crippen MR) is 108 cm³/mol. The first-order valence-electron chi connectivity index (χ1n) is 9.65. The molecule has 0 saturated carbocycles. The third kappa shape index (κ3) is 5.88. The van der Waals surface area contributed by atoms with Crippen molar-refractivity contribution in [3.63, 3.8) is 0 Å². The van der Waals surface area contributed by atoms with Gasteiger partial charge in [-0.15, -0.1) is 0 Å². The lowest BCUT2D eigenvalue weighted by atomic mass is 10.0. The van der Waals surface area contributed by atoms with Crippen LogP contribution in [0.1, 0.15) is 43.2 Å². The number of carbonyl (C=O) groups excluding carboxylic acids is 1. The quantitative estimate of drug-likeness (QED) is 0.398. The molecule has 2 heterocycles. The summed E-state index contributed by atoms with van der Waals surface area (Å²) in [5.74, 6) is 1.64. The molecule has 0 aliphatic heterocycles. The number of nitrogens with zero attached hydrogens (tertiary/aromatic N) is 3. The molecule has 0 unspecified atom stereocenters. The van der Waals surface area contributed by atoms with Crippen LogP contribution in [0, 0.1) is 6.92 Å². The second kappa shape index (κ2) is 9.82. The Morgan fingerprint density at radius 1 is 1.24 bits per heavy atom. The third-order valence-electron chi connectivity index (χ3n) is 4.32. The predicted octanol–water partition coefficient (Wildman–Crippen LogP) is 4.12. The molecule has 0 atom stereocenters. The summed E-state index contributed by atoms with van der Waals surface area (Å²) in [5, 5.41) is 3.94. The second-order valence-electron chi connectivity index (χ2n) is 7.06. The monoisotopic (exact) mass is 395 g/mol. The van der Waals surface area contributed by atoms with E-state index in [9.17, 15) is 4.79 Å². The summed E-state index contributed by atoms with van der Waals surface area (Å²) in [6.45, 7) is 6.32. The van der Waals surface area contributed by atoms with Crippen LogP contribution in [0.3, 0.4) is 0 Å². The van der Waals surface area contributed by atoms with Crippen molar-refractivity contribution in [3.8, 4) is 17.1 Å². The minimum atomic E-state index is -0.400. The van der Waals surface area contributed by atoms with Gasteiger partial charge in [-0.1, -0.05) is 31.1 Å². The van der Waals surface area contributed by atoms with E-state index in [4.69, 9.17) is 14.0 Å². The highest BCUT2D eigenvalue weighted by molar-refractivity contribution is 5.71. The molecule has 0 saturated heterocycles. The maximum atomic E-state index is 12.0. The van der Waals surface area contributed by atoms with Gasteiger partial charge < -0.3 is 14.0 Å². The van der Waals surface area contributed by atoms with Gasteiger partial charge in [0.15, 0.2) is 6.61 Å². The molecule has 152 valence electrons. The van der Waals surface area contributed by atoms with E-state index in [0.29, 0.717) is 30.5 Å². The average Bonchev–Trinajstić information content (AvgIpc) is 3.19. The summed E-state index contributed by atoms with van der Waals surface area (Å²) in [6, 6.07) is 9.69. The van der Waals surface area contributed by atoms with Crippen molar-refractivity contribution in [1.82, 2.24) is 15.1 Å². The third-order valence-corrected chi connectivity index (χ3v) is 4.32. The number of hydrogen-bond acceptors (Lipinski definition) is 7. The van der Waals surface area contributed by atoms with Gasteiger partial charge in [-0.05, 0) is 48.6 Å². The van der Waals surface area contributed by atoms with Gasteiger partial charge >= 0.3 is 5.97 Å². The summed E-state index contributed by atoms with van der Waals surface area (Å²) in [4.78, 5) is 20.3. The van der Waals surface area contributed by atoms with Crippen LogP contribution in [0.4, 0.5) is 0 Å². The molecule has 2 aromatic heterocycles. The van der Waals surface area contributed by atoms with Crippen molar-refractivity contribution < 1.29 is 18.8 Å². The zero-order valence-corrected chi connectivity index (χ0v) is 16.9. The normalized spacial score (nSPS) is 10.9. The molecule has 0 aliphatic rings. The minimum Gasteiger partial charge on any atom is -0.482 e. The number of carbonyl (C=O) groups is 1. The minimum absolute atomic E-state index is 0.116. The van der Waals surface area contributed by atoms with Crippen molar-refractivity contribution >= 4 is 5.97 Å². The molecule has 0 bridgehead atoms. The van der Waals surface area contributed by atoms with Crippen LogP contribution >= 0.6 is 0 Å². The Hall–Kier alpha value is -3.22. The Kier molecular flexibility index (Phi) is 6.94. The van der Waals surface area contributed by atoms with Gasteiger partial charge in [0.05, 0.1) is 6.61 Å². The number of hydrogen-bond donors (Lipinski definition) is 0. The summed E-state index contributed by atoms with van der Waals surface area (Å²) in [7, 11) is 0. The van der Waals surface area contributed by atoms with Gasteiger partial charge in [-0.25, -0.2) is 4.79 Å². The first kappa shape index (κ1) is 20.5. The van der Waals surface area contributed by atoms with Gasteiger partial charge in [0.1, 0.15) is 5.75 Å².